The van der Waals surface area contributed by atoms with E-state index in [4.69, 9.17) is 53.8 Å². The van der Waals surface area contributed by atoms with Gasteiger partial charge in [0.2, 0.25) is 3.79 Å². The molecule has 0 aliphatic carbocycles. The second-order valence-electron chi connectivity index (χ2n) is 11.0. The van der Waals surface area contributed by atoms with Gasteiger partial charge in [-0.3, -0.25) is 24.2 Å². The van der Waals surface area contributed by atoms with Crippen molar-refractivity contribution in [2.75, 3.05) is 26.6 Å². The first-order valence-corrected chi connectivity index (χ1v) is 14.9. The maximum absolute atomic E-state index is 13.2. The zero-order valence-electron chi connectivity index (χ0n) is 24.3. The fourth-order valence-electron chi connectivity index (χ4n) is 4.41. The van der Waals surface area contributed by atoms with E-state index in [0.29, 0.717) is 45.3 Å². The van der Waals surface area contributed by atoms with Gasteiger partial charge in [-0.25, -0.2) is 5.43 Å². The normalized spacial score (nSPS) is 23.7. The highest BCUT2D eigenvalue weighted by Gasteiger charge is 2.37. The molecule has 5 atom stereocenters. The molecular formula is C27H42Cl3N3O8. The van der Waals surface area contributed by atoms with E-state index in [9.17, 15) is 19.2 Å². The van der Waals surface area contributed by atoms with Crippen LogP contribution in [0.3, 0.4) is 0 Å². The molecule has 0 aromatic heterocycles. The first-order valence-electron chi connectivity index (χ1n) is 13.8. The van der Waals surface area contributed by atoms with Crippen molar-refractivity contribution in [2.24, 2.45) is 11.8 Å². The number of halogens is 3. The maximum atomic E-state index is 13.2. The van der Waals surface area contributed by atoms with Crippen LogP contribution < -0.4 is 10.7 Å². The van der Waals surface area contributed by atoms with Crippen LogP contribution in [0.5, 0.6) is 0 Å². The highest BCUT2D eigenvalue weighted by Crippen LogP contribution is 2.28. The lowest BCUT2D eigenvalue weighted by molar-refractivity contribution is -0.163. The molecule has 2 heterocycles. The number of carbonyl (C=O) groups is 4. The van der Waals surface area contributed by atoms with E-state index < -0.39 is 63.9 Å². The lowest BCUT2D eigenvalue weighted by Crippen LogP contribution is -2.60. The number of nitrogens with one attached hydrogen (secondary N) is 2. The second kappa shape index (κ2) is 16.3. The fourth-order valence-corrected chi connectivity index (χ4v) is 4.58. The third-order valence-electron chi connectivity index (χ3n) is 6.86. The number of carbonyl (C=O) groups excluding carboxylic acids is 4. The van der Waals surface area contributed by atoms with Crippen LogP contribution >= 0.6 is 34.8 Å². The van der Waals surface area contributed by atoms with Gasteiger partial charge in [-0.05, 0) is 58.8 Å². The monoisotopic (exact) mass is 641 g/mol. The minimum Gasteiger partial charge on any atom is -0.460 e. The first-order chi connectivity index (χ1) is 19.2. The third kappa shape index (κ3) is 11.9. The molecule has 2 amide bonds. The molecule has 0 spiro atoms. The van der Waals surface area contributed by atoms with Crippen LogP contribution in [0.2, 0.25) is 0 Å². The lowest BCUT2D eigenvalue weighted by Gasteiger charge is -2.34. The number of alkyl halides is 3. The Morgan fingerprint density at radius 3 is 2.51 bits per heavy atom. The Balaban J connectivity index is 1.97. The van der Waals surface area contributed by atoms with Crippen molar-refractivity contribution in [1.29, 1.82) is 0 Å². The summed E-state index contributed by atoms with van der Waals surface area (Å²) in [4.78, 5) is 51.8. The summed E-state index contributed by atoms with van der Waals surface area (Å²) < 4.78 is 20.0. The van der Waals surface area contributed by atoms with Crippen LogP contribution in [0.1, 0.15) is 66.7 Å². The van der Waals surface area contributed by atoms with Gasteiger partial charge in [0.1, 0.15) is 25.5 Å². The van der Waals surface area contributed by atoms with Gasteiger partial charge in [0, 0.05) is 6.54 Å². The third-order valence-corrected chi connectivity index (χ3v) is 7.19. The standard InChI is InChI=1S/C27H42Cl3N3O8/c1-6-7-9-19(11-12-26(5)14-38-16-40-26)24(36)41-21(17(2)3)22(34)31-18(4)23(35)33-13-8-10-20(32-33)25(37)39-15-27(28,29)30/h6-7,17-21,32H,8-16H2,1-5H3,(H,31,34)/t18-,19-,20-,21-,26?/m0/s1. The van der Waals surface area contributed by atoms with Crippen LogP contribution in [0.15, 0.2) is 12.2 Å². The Labute approximate surface area is 256 Å². The van der Waals surface area contributed by atoms with Gasteiger partial charge in [0.15, 0.2) is 6.10 Å². The van der Waals surface area contributed by atoms with E-state index in [-0.39, 0.29) is 12.7 Å². The lowest BCUT2D eigenvalue weighted by atomic mass is 9.91. The molecule has 41 heavy (non-hydrogen) atoms. The highest BCUT2D eigenvalue weighted by molar-refractivity contribution is 6.67. The molecule has 2 aliphatic rings. The number of rotatable bonds is 13. The van der Waals surface area contributed by atoms with Crippen molar-refractivity contribution in [3.8, 4) is 0 Å². The molecule has 0 aromatic rings. The van der Waals surface area contributed by atoms with Crippen LogP contribution in [-0.2, 0) is 38.1 Å². The summed E-state index contributed by atoms with van der Waals surface area (Å²) in [6.07, 6.45) is 5.12. The molecule has 2 N–H and O–H groups in total. The second-order valence-corrected chi connectivity index (χ2v) is 13.5. The smallest absolute Gasteiger partial charge is 0.325 e. The van der Waals surface area contributed by atoms with E-state index in [2.05, 4.69) is 10.7 Å². The number of esters is 2. The van der Waals surface area contributed by atoms with Crippen molar-refractivity contribution in [2.45, 2.75) is 94.3 Å². The quantitative estimate of drug-likeness (QED) is 0.176. The summed E-state index contributed by atoms with van der Waals surface area (Å²) in [6, 6.07) is -1.78. The predicted octanol–water partition coefficient (Wildman–Crippen LogP) is 3.59. The molecule has 1 unspecified atom stereocenters. The van der Waals surface area contributed by atoms with Crippen LogP contribution in [0.4, 0.5) is 0 Å². The van der Waals surface area contributed by atoms with E-state index in [0.717, 1.165) is 0 Å². The molecule has 0 aromatic carbocycles. The molecule has 2 rings (SSSR count). The largest absolute Gasteiger partial charge is 0.460 e. The van der Waals surface area contributed by atoms with Gasteiger partial charge in [-0.15, -0.1) is 0 Å². The molecule has 2 fully saturated rings. The molecule has 2 saturated heterocycles. The fraction of sp³-hybridized carbons (Fsp3) is 0.778. The van der Waals surface area contributed by atoms with Crippen molar-refractivity contribution >= 4 is 58.6 Å². The van der Waals surface area contributed by atoms with Gasteiger partial charge in [-0.1, -0.05) is 60.8 Å². The number of hydrazine groups is 1. The Hall–Kier alpha value is -1.63. The highest BCUT2D eigenvalue weighted by atomic mass is 35.6. The number of allylic oxidation sites excluding steroid dienone is 2. The summed E-state index contributed by atoms with van der Waals surface area (Å²) >= 11 is 16.9. The minimum absolute atomic E-state index is 0.224. The van der Waals surface area contributed by atoms with Gasteiger partial charge in [-0.2, -0.15) is 0 Å². The van der Waals surface area contributed by atoms with Crippen LogP contribution in [0, 0.1) is 11.8 Å². The Bertz CT molecular complexity index is 937. The van der Waals surface area contributed by atoms with Gasteiger partial charge in [0.05, 0.1) is 18.1 Å². The van der Waals surface area contributed by atoms with Crippen molar-refractivity contribution < 1.29 is 38.1 Å². The van der Waals surface area contributed by atoms with Gasteiger partial charge >= 0.3 is 11.9 Å². The summed E-state index contributed by atoms with van der Waals surface area (Å²) in [5.41, 5.74) is 2.35. The van der Waals surface area contributed by atoms with E-state index in [1.165, 1.54) is 11.9 Å². The molecule has 2 aliphatic heterocycles. The average Bonchev–Trinajstić information content (AvgIpc) is 3.35. The van der Waals surface area contributed by atoms with E-state index >= 15 is 0 Å². The summed E-state index contributed by atoms with van der Waals surface area (Å²) in [7, 11) is 0. The van der Waals surface area contributed by atoms with Crippen LogP contribution in [-0.4, -0.2) is 82.9 Å². The Kier molecular flexibility index (Phi) is 14.1. The van der Waals surface area contributed by atoms with Gasteiger partial charge in [0.25, 0.3) is 11.8 Å². The van der Waals surface area contributed by atoms with E-state index in [1.54, 1.807) is 13.8 Å². The molecule has 11 nitrogen and oxygen atoms in total. The summed E-state index contributed by atoms with van der Waals surface area (Å²) in [5, 5.41) is 3.91. The molecular weight excluding hydrogens is 601 g/mol. The molecule has 0 bridgehead atoms. The maximum Gasteiger partial charge on any atom is 0.325 e. The van der Waals surface area contributed by atoms with Crippen LogP contribution in [0.25, 0.3) is 0 Å². The molecule has 0 radical (unpaired) electrons. The Morgan fingerprint density at radius 1 is 1.22 bits per heavy atom. The summed E-state index contributed by atoms with van der Waals surface area (Å²) in [6.45, 7) is 9.40. The Morgan fingerprint density at radius 2 is 1.93 bits per heavy atom. The minimum atomic E-state index is -1.75. The molecule has 0 saturated carbocycles. The number of nitrogens with zero attached hydrogens (tertiary/aromatic N) is 1. The average molecular weight is 643 g/mol. The number of ether oxygens (including phenoxy) is 4. The zero-order chi connectivity index (χ0) is 30.8. The van der Waals surface area contributed by atoms with Crippen molar-refractivity contribution in [3.05, 3.63) is 12.2 Å². The first kappa shape index (κ1) is 35.6. The molecule has 14 heteroatoms. The van der Waals surface area contributed by atoms with Gasteiger partial charge < -0.3 is 24.3 Å². The SMILES string of the molecule is CC=CC[C@@H](CCC1(C)COCO1)C(=O)O[C@H](C(=O)N[C@@H](C)C(=O)N1CCC[C@@H](C(=O)OCC(Cl)(Cl)Cl)N1)C(C)C. The number of amides is 2. The predicted molar refractivity (Wildman–Crippen MR) is 154 cm³/mol. The molecule has 234 valence electrons. The number of hydrogen-bond acceptors (Lipinski definition) is 9. The van der Waals surface area contributed by atoms with Crippen molar-refractivity contribution in [1.82, 2.24) is 15.8 Å². The number of hydrogen-bond donors (Lipinski definition) is 2. The zero-order valence-corrected chi connectivity index (χ0v) is 26.5. The summed E-state index contributed by atoms with van der Waals surface area (Å²) in [5.74, 6) is -3.04. The van der Waals surface area contributed by atoms with E-state index in [1.807, 2.05) is 26.0 Å². The van der Waals surface area contributed by atoms with Crippen molar-refractivity contribution in [3.63, 3.8) is 0 Å². The topological polar surface area (TPSA) is 132 Å².